The summed E-state index contributed by atoms with van der Waals surface area (Å²) in [4.78, 5) is 38.0. The van der Waals surface area contributed by atoms with Gasteiger partial charge in [0.1, 0.15) is 18.1 Å². The number of benzene rings is 3. The molecule has 4 aromatic rings. The molecule has 0 aliphatic carbocycles. The minimum Gasteiger partial charge on any atom is -0.358 e. The first kappa shape index (κ1) is 23.7. The first-order valence-corrected chi connectivity index (χ1v) is 11.8. The third-order valence-corrected chi connectivity index (χ3v) is 6.62. The third kappa shape index (κ3) is 4.46. The minimum atomic E-state index is -0.951. The number of carbonyl (C=O) groups is 1. The third-order valence-electron chi connectivity index (χ3n) is 6.62. The number of ether oxygens (including phenoxy) is 2. The lowest BCUT2D eigenvalue weighted by molar-refractivity contribution is -0.117. The average Bonchev–Trinajstić information content (AvgIpc) is 3.34. The molecule has 3 aromatic carbocycles. The predicted octanol–water partition coefficient (Wildman–Crippen LogP) is 3.65. The zero-order chi connectivity index (χ0) is 25.0. The van der Waals surface area contributed by atoms with Crippen LogP contribution in [-0.4, -0.2) is 28.5 Å². The fourth-order valence-electron chi connectivity index (χ4n) is 4.86. The van der Waals surface area contributed by atoms with E-state index in [0.717, 1.165) is 23.0 Å². The molecular weight excluding hydrogens is 456 g/mol. The number of aldehydes is 1. The molecule has 7 heteroatoms. The number of nitrogens with zero attached hydrogens (tertiary/aromatic N) is 1. The number of H-pyrrole nitrogens is 1. The van der Waals surface area contributed by atoms with Gasteiger partial charge in [0.05, 0.1) is 12.7 Å². The SMILES string of the molecule is O=C[C@H]1C[C@H](n2ccc(=O)[nH]c2=O)O[C@@H]1COC(c1ccccc1)(c1ccccc1)c1ccccc1. The average molecular weight is 483 g/mol. The van der Waals surface area contributed by atoms with Crippen molar-refractivity contribution in [2.24, 2.45) is 5.92 Å². The quantitative estimate of drug-likeness (QED) is 0.306. The fourth-order valence-corrected chi connectivity index (χ4v) is 4.86. The van der Waals surface area contributed by atoms with E-state index < -0.39 is 35.1 Å². The van der Waals surface area contributed by atoms with Gasteiger partial charge in [0.25, 0.3) is 5.56 Å². The summed E-state index contributed by atoms with van der Waals surface area (Å²) in [6, 6.07) is 31.1. The Labute approximate surface area is 208 Å². The summed E-state index contributed by atoms with van der Waals surface area (Å²) in [6.45, 7) is 0.108. The Hall–Kier alpha value is -4.07. The molecule has 0 radical (unpaired) electrons. The van der Waals surface area contributed by atoms with E-state index in [2.05, 4.69) is 4.98 Å². The highest BCUT2D eigenvalue weighted by Crippen LogP contribution is 2.42. The van der Waals surface area contributed by atoms with E-state index in [4.69, 9.17) is 9.47 Å². The molecule has 0 amide bonds. The minimum absolute atomic E-state index is 0.108. The summed E-state index contributed by atoms with van der Waals surface area (Å²) >= 11 is 0. The van der Waals surface area contributed by atoms with E-state index >= 15 is 0 Å². The highest BCUT2D eigenvalue weighted by Gasteiger charge is 2.42. The maximum Gasteiger partial charge on any atom is 0.330 e. The molecule has 3 atom stereocenters. The molecule has 0 spiro atoms. The van der Waals surface area contributed by atoms with Crippen molar-refractivity contribution in [3.05, 3.63) is 141 Å². The van der Waals surface area contributed by atoms with Crippen LogP contribution in [0, 0.1) is 5.92 Å². The lowest BCUT2D eigenvalue weighted by Gasteiger charge is -2.37. The second-order valence-corrected chi connectivity index (χ2v) is 8.77. The maximum atomic E-state index is 12.3. The molecule has 1 aliphatic heterocycles. The molecule has 7 nitrogen and oxygen atoms in total. The van der Waals surface area contributed by atoms with Crippen LogP contribution < -0.4 is 11.2 Å². The van der Waals surface area contributed by atoms with Crippen molar-refractivity contribution in [1.82, 2.24) is 9.55 Å². The van der Waals surface area contributed by atoms with Gasteiger partial charge in [-0.1, -0.05) is 91.0 Å². The van der Waals surface area contributed by atoms with E-state index in [1.54, 1.807) is 0 Å². The van der Waals surface area contributed by atoms with Crippen molar-refractivity contribution in [1.29, 1.82) is 0 Å². The molecule has 36 heavy (non-hydrogen) atoms. The molecular formula is C29H26N2O5. The second kappa shape index (κ2) is 10.3. The molecule has 182 valence electrons. The Kier molecular flexibility index (Phi) is 6.75. The fraction of sp³-hybridized carbons (Fsp3) is 0.207. The molecule has 0 saturated carbocycles. The van der Waals surface area contributed by atoms with Crippen molar-refractivity contribution < 1.29 is 14.3 Å². The van der Waals surface area contributed by atoms with E-state index in [1.165, 1.54) is 16.8 Å². The van der Waals surface area contributed by atoms with E-state index in [0.29, 0.717) is 6.42 Å². The largest absolute Gasteiger partial charge is 0.358 e. The van der Waals surface area contributed by atoms with Crippen LogP contribution in [0.5, 0.6) is 0 Å². The van der Waals surface area contributed by atoms with Gasteiger partial charge in [0, 0.05) is 24.6 Å². The Morgan fingerprint density at radius 2 is 1.39 bits per heavy atom. The summed E-state index contributed by atoms with van der Waals surface area (Å²) in [7, 11) is 0. The summed E-state index contributed by atoms with van der Waals surface area (Å²) in [5, 5.41) is 0. The maximum absolute atomic E-state index is 12.3. The van der Waals surface area contributed by atoms with Crippen molar-refractivity contribution in [2.75, 3.05) is 6.61 Å². The van der Waals surface area contributed by atoms with Crippen molar-refractivity contribution in [2.45, 2.75) is 24.4 Å². The number of aromatic nitrogens is 2. The standard InChI is InChI=1S/C29H26N2O5/c32-19-21-18-27(31-17-16-26(33)30-28(31)34)36-25(21)20-35-29(22-10-4-1-5-11-22,23-12-6-2-7-13-23)24-14-8-3-9-15-24/h1-17,19,21,25,27H,18,20H2,(H,30,33,34)/t21-,25-,27-/m1/s1. The van der Waals surface area contributed by atoms with Gasteiger partial charge in [-0.15, -0.1) is 0 Å². The van der Waals surface area contributed by atoms with Crippen LogP contribution >= 0.6 is 0 Å². The molecule has 0 unspecified atom stereocenters. The Morgan fingerprint density at radius 1 is 0.861 bits per heavy atom. The highest BCUT2D eigenvalue weighted by molar-refractivity contribution is 5.55. The van der Waals surface area contributed by atoms with Crippen molar-refractivity contribution in [3.8, 4) is 0 Å². The van der Waals surface area contributed by atoms with Crippen LogP contribution in [0.25, 0.3) is 0 Å². The number of rotatable bonds is 8. The highest BCUT2D eigenvalue weighted by atomic mass is 16.6. The Morgan fingerprint density at radius 3 is 1.86 bits per heavy atom. The first-order chi connectivity index (χ1) is 17.6. The second-order valence-electron chi connectivity index (χ2n) is 8.77. The topological polar surface area (TPSA) is 90.4 Å². The van der Waals surface area contributed by atoms with Gasteiger partial charge in [-0.3, -0.25) is 14.3 Å². The van der Waals surface area contributed by atoms with Gasteiger partial charge in [0.15, 0.2) is 0 Å². The number of aromatic amines is 1. The van der Waals surface area contributed by atoms with Crippen LogP contribution in [0.15, 0.2) is 113 Å². The van der Waals surface area contributed by atoms with Gasteiger partial charge in [-0.25, -0.2) is 4.79 Å². The summed E-state index contributed by atoms with van der Waals surface area (Å²) in [6.07, 6.45) is 1.27. The monoisotopic (exact) mass is 482 g/mol. The molecule has 1 aromatic heterocycles. The van der Waals surface area contributed by atoms with E-state index in [-0.39, 0.29) is 6.61 Å². The van der Waals surface area contributed by atoms with Gasteiger partial charge >= 0.3 is 5.69 Å². The van der Waals surface area contributed by atoms with Crippen molar-refractivity contribution in [3.63, 3.8) is 0 Å². The van der Waals surface area contributed by atoms with Gasteiger partial charge < -0.3 is 14.3 Å². The lowest BCUT2D eigenvalue weighted by Crippen LogP contribution is -2.37. The van der Waals surface area contributed by atoms with Crippen LogP contribution in [0.1, 0.15) is 29.3 Å². The molecule has 5 rings (SSSR count). The molecule has 2 heterocycles. The smallest absolute Gasteiger partial charge is 0.330 e. The van der Waals surface area contributed by atoms with Crippen molar-refractivity contribution >= 4 is 6.29 Å². The van der Waals surface area contributed by atoms with Gasteiger partial charge in [-0.2, -0.15) is 0 Å². The van der Waals surface area contributed by atoms with Crippen LogP contribution in [-0.2, 0) is 19.9 Å². The van der Waals surface area contributed by atoms with Gasteiger partial charge in [-0.05, 0) is 16.7 Å². The molecule has 1 aliphatic rings. The van der Waals surface area contributed by atoms with Crippen LogP contribution in [0.4, 0.5) is 0 Å². The molecule has 1 N–H and O–H groups in total. The number of nitrogens with one attached hydrogen (secondary N) is 1. The Balaban J connectivity index is 1.52. The van der Waals surface area contributed by atoms with Crippen LogP contribution in [0.3, 0.4) is 0 Å². The summed E-state index contributed by atoms with van der Waals surface area (Å²) < 4.78 is 14.3. The summed E-state index contributed by atoms with van der Waals surface area (Å²) in [5.41, 5.74) is 0.808. The van der Waals surface area contributed by atoms with Crippen LogP contribution in [0.2, 0.25) is 0 Å². The van der Waals surface area contributed by atoms with Gasteiger partial charge in [0.2, 0.25) is 0 Å². The van der Waals surface area contributed by atoms with E-state index in [1.807, 2.05) is 91.0 Å². The molecule has 1 fully saturated rings. The normalized spacial score (nSPS) is 19.7. The number of hydrogen-bond donors (Lipinski definition) is 1. The Bertz CT molecular complexity index is 1320. The predicted molar refractivity (Wildman–Crippen MR) is 135 cm³/mol. The lowest BCUT2D eigenvalue weighted by atomic mass is 9.80. The molecule has 0 bridgehead atoms. The van der Waals surface area contributed by atoms with E-state index in [9.17, 15) is 14.4 Å². The zero-order valence-corrected chi connectivity index (χ0v) is 19.5. The molecule has 1 saturated heterocycles. The summed E-state index contributed by atoms with van der Waals surface area (Å²) in [5.74, 6) is -0.478. The number of carbonyl (C=O) groups excluding carboxylic acids is 1. The number of hydrogen-bond acceptors (Lipinski definition) is 5. The zero-order valence-electron chi connectivity index (χ0n) is 19.5. The first-order valence-electron chi connectivity index (χ1n) is 11.8.